The summed E-state index contributed by atoms with van der Waals surface area (Å²) >= 11 is 7.93. The number of hydrogen-bond donors (Lipinski definition) is 2. The van der Waals surface area contributed by atoms with Crippen LogP contribution in [0.2, 0.25) is 5.02 Å². The first-order valence-electron chi connectivity index (χ1n) is 17.1. The summed E-state index contributed by atoms with van der Waals surface area (Å²) in [6.07, 6.45) is 1.09. The molecule has 0 radical (unpaired) electrons. The van der Waals surface area contributed by atoms with Crippen LogP contribution in [0.15, 0.2) is 53.5 Å². The first-order valence-corrected chi connectivity index (χ1v) is 18.3. The molecule has 3 aliphatic rings. The molecule has 11 nitrogen and oxygen atoms in total. The lowest BCUT2D eigenvalue weighted by molar-refractivity contribution is -0.134. The Bertz CT molecular complexity index is 1960. The Morgan fingerprint density at radius 2 is 1.78 bits per heavy atom. The minimum atomic E-state index is -0.502. The Morgan fingerprint density at radius 3 is 2.54 bits per heavy atom. The number of imide groups is 1. The van der Waals surface area contributed by atoms with Crippen LogP contribution in [-0.2, 0) is 20.9 Å². The predicted octanol–water partition coefficient (Wildman–Crippen LogP) is 4.64. The molecule has 13 heteroatoms. The van der Waals surface area contributed by atoms with E-state index < -0.39 is 6.04 Å². The van der Waals surface area contributed by atoms with Gasteiger partial charge in [-0.05, 0) is 56.0 Å². The largest absolute Gasteiger partial charge is 0.355 e. The molecule has 2 saturated heterocycles. The van der Waals surface area contributed by atoms with Crippen molar-refractivity contribution in [1.82, 2.24) is 35.2 Å². The number of amides is 3. The minimum absolute atomic E-state index is 0.0749. The van der Waals surface area contributed by atoms with E-state index in [-0.39, 0.29) is 30.1 Å². The number of carbonyl (C=O) groups excluding carboxylic acids is 3. The number of aryl methyl sites for hydroxylation is 2. The molecule has 1 unspecified atom stereocenters. The second kappa shape index (κ2) is 14.6. The van der Waals surface area contributed by atoms with Crippen LogP contribution in [0.1, 0.15) is 75.6 Å². The quantitative estimate of drug-likeness (QED) is 0.242. The Labute approximate surface area is 300 Å². The van der Waals surface area contributed by atoms with Crippen molar-refractivity contribution >= 4 is 46.4 Å². The van der Waals surface area contributed by atoms with E-state index in [1.54, 1.807) is 11.3 Å². The Balaban J connectivity index is 0.953. The number of halogens is 1. The maximum absolute atomic E-state index is 13.4. The van der Waals surface area contributed by atoms with Crippen LogP contribution in [0.25, 0.3) is 5.00 Å². The maximum Gasteiger partial charge on any atom is 0.234 e. The lowest BCUT2D eigenvalue weighted by Gasteiger charge is -2.34. The number of hydrogen-bond acceptors (Lipinski definition) is 9. The number of piperazine rings is 1. The van der Waals surface area contributed by atoms with Crippen molar-refractivity contribution in [1.29, 1.82) is 0 Å². The lowest BCUT2D eigenvalue weighted by atomic mass is 9.89. The highest BCUT2D eigenvalue weighted by atomic mass is 35.5. The van der Waals surface area contributed by atoms with Gasteiger partial charge in [0.25, 0.3) is 0 Å². The number of fused-ring (bicyclic) bond motifs is 3. The van der Waals surface area contributed by atoms with Gasteiger partial charge >= 0.3 is 0 Å². The van der Waals surface area contributed by atoms with Gasteiger partial charge in [0.05, 0.1) is 18.1 Å². The summed E-state index contributed by atoms with van der Waals surface area (Å²) < 4.78 is 2.06. The third kappa shape index (κ3) is 7.16. The van der Waals surface area contributed by atoms with Crippen LogP contribution in [-0.4, -0.2) is 87.3 Å². The van der Waals surface area contributed by atoms with Gasteiger partial charge < -0.3 is 5.32 Å². The molecule has 50 heavy (non-hydrogen) atoms. The fourth-order valence-electron chi connectivity index (χ4n) is 7.08. The van der Waals surface area contributed by atoms with Gasteiger partial charge in [-0.1, -0.05) is 48.0 Å². The van der Waals surface area contributed by atoms with E-state index in [1.165, 1.54) is 10.4 Å². The molecule has 4 aromatic rings. The highest BCUT2D eigenvalue weighted by Crippen LogP contribution is 2.39. The van der Waals surface area contributed by atoms with Crippen molar-refractivity contribution in [3.8, 4) is 5.00 Å². The fraction of sp³-hybridized carbons (Fsp3) is 0.405. The fourth-order valence-corrected chi connectivity index (χ4v) is 8.42. The van der Waals surface area contributed by atoms with Gasteiger partial charge in [-0.15, -0.1) is 21.5 Å². The van der Waals surface area contributed by atoms with Crippen LogP contribution in [0.4, 0.5) is 0 Å². The second-order valence-electron chi connectivity index (χ2n) is 13.3. The van der Waals surface area contributed by atoms with E-state index in [4.69, 9.17) is 16.6 Å². The molecular formula is C37H41ClN8O3S. The van der Waals surface area contributed by atoms with E-state index in [1.807, 2.05) is 43.3 Å². The molecule has 0 saturated carbocycles. The minimum Gasteiger partial charge on any atom is -0.355 e. The summed E-state index contributed by atoms with van der Waals surface area (Å²) in [6, 6.07) is 15.4. The summed E-state index contributed by atoms with van der Waals surface area (Å²) in [4.78, 5) is 48.6. The van der Waals surface area contributed by atoms with Gasteiger partial charge in [0.2, 0.25) is 17.7 Å². The molecule has 260 valence electrons. The van der Waals surface area contributed by atoms with E-state index in [0.29, 0.717) is 30.2 Å². The summed E-state index contributed by atoms with van der Waals surface area (Å²) in [5.74, 6) is 0.687. The highest BCUT2D eigenvalue weighted by molar-refractivity contribution is 7.15. The average Bonchev–Trinajstić information content (AvgIpc) is 3.57. The molecule has 2 aromatic carbocycles. The number of carbonyl (C=O) groups is 3. The molecule has 3 amide bonds. The second-order valence-corrected chi connectivity index (χ2v) is 15.0. The summed E-state index contributed by atoms with van der Waals surface area (Å²) in [7, 11) is 0. The molecule has 7 rings (SSSR count). The number of aromatic nitrogens is 3. The van der Waals surface area contributed by atoms with Gasteiger partial charge in [0, 0.05) is 73.3 Å². The maximum atomic E-state index is 13.4. The zero-order valence-corrected chi connectivity index (χ0v) is 30.1. The van der Waals surface area contributed by atoms with Gasteiger partial charge in [-0.3, -0.25) is 39.1 Å². The molecule has 0 bridgehead atoms. The van der Waals surface area contributed by atoms with Crippen molar-refractivity contribution in [2.75, 3.05) is 39.3 Å². The van der Waals surface area contributed by atoms with Crippen molar-refractivity contribution in [3.63, 3.8) is 0 Å². The highest BCUT2D eigenvalue weighted by Gasteiger charge is 2.33. The molecule has 0 aliphatic carbocycles. The molecule has 2 N–H and O–H groups in total. The number of piperidine rings is 1. The normalized spacial score (nSPS) is 19.7. The molecule has 5 heterocycles. The van der Waals surface area contributed by atoms with Gasteiger partial charge in [0.15, 0.2) is 5.82 Å². The Kier molecular flexibility index (Phi) is 9.96. The van der Waals surface area contributed by atoms with E-state index in [0.717, 1.165) is 78.1 Å². The third-order valence-electron chi connectivity index (χ3n) is 9.95. The first kappa shape index (κ1) is 34.2. The number of aliphatic imine (C=N–C) groups is 1. The van der Waals surface area contributed by atoms with Crippen LogP contribution in [0.3, 0.4) is 0 Å². The van der Waals surface area contributed by atoms with Crippen molar-refractivity contribution in [3.05, 3.63) is 97.9 Å². The standard InChI is InChI=1S/C37H41ClN8O3S/c1-22-23(2)50-37-33(22)34(26-7-9-28(38)10-8-26)40-30(35-43-42-24(3)46(35)37)20-32(48)39-13-14-44-15-17-45(18-16-44)21-25-5-4-6-27(19-25)29-11-12-31(47)41-36(29)49/h4-10,19,29-30H,11-18,20-21H2,1-3H3,(H,39,48)(H,41,47,49)/t29?,30-/m0/s1. The third-order valence-corrected chi connectivity index (χ3v) is 11.4. The Morgan fingerprint density at radius 1 is 1.02 bits per heavy atom. The number of benzene rings is 2. The zero-order valence-electron chi connectivity index (χ0n) is 28.5. The van der Waals surface area contributed by atoms with Gasteiger partial charge in [0.1, 0.15) is 16.9 Å². The molecular weight excluding hydrogens is 672 g/mol. The smallest absolute Gasteiger partial charge is 0.234 e. The Hall–Kier alpha value is -4.23. The van der Waals surface area contributed by atoms with Crippen molar-refractivity contribution in [2.45, 2.75) is 58.5 Å². The van der Waals surface area contributed by atoms with Crippen LogP contribution in [0.5, 0.6) is 0 Å². The van der Waals surface area contributed by atoms with E-state index in [2.05, 4.69) is 61.2 Å². The molecule has 3 aliphatic heterocycles. The van der Waals surface area contributed by atoms with E-state index >= 15 is 0 Å². The summed E-state index contributed by atoms with van der Waals surface area (Å²) in [6.45, 7) is 11.9. The summed E-state index contributed by atoms with van der Waals surface area (Å²) in [5, 5.41) is 16.2. The number of nitrogens with one attached hydrogen (secondary N) is 2. The number of nitrogens with zero attached hydrogens (tertiary/aromatic N) is 6. The van der Waals surface area contributed by atoms with Crippen molar-refractivity contribution < 1.29 is 14.4 Å². The van der Waals surface area contributed by atoms with Gasteiger partial charge in [-0.2, -0.15) is 0 Å². The molecule has 2 atom stereocenters. The predicted molar refractivity (Wildman–Crippen MR) is 194 cm³/mol. The van der Waals surface area contributed by atoms with Gasteiger partial charge in [-0.25, -0.2) is 0 Å². The van der Waals surface area contributed by atoms with Crippen molar-refractivity contribution in [2.24, 2.45) is 4.99 Å². The van der Waals surface area contributed by atoms with Crippen LogP contribution < -0.4 is 10.6 Å². The topological polar surface area (TPSA) is 125 Å². The monoisotopic (exact) mass is 712 g/mol. The van der Waals surface area contributed by atoms with Crippen LogP contribution >= 0.6 is 22.9 Å². The molecule has 2 fully saturated rings. The lowest BCUT2D eigenvalue weighted by Crippen LogP contribution is -2.48. The SMILES string of the molecule is Cc1sc2c(c1C)C(c1ccc(Cl)cc1)=N[C@@H](CC(=O)NCCN1CCN(Cc3cccc(C4CCC(=O)NC4=O)c3)CC1)c1nnc(C)n1-2. The van der Waals surface area contributed by atoms with E-state index in [9.17, 15) is 14.4 Å². The first-order chi connectivity index (χ1) is 24.1. The van der Waals surface area contributed by atoms with Crippen LogP contribution in [0, 0.1) is 20.8 Å². The number of thiophene rings is 1. The average molecular weight is 713 g/mol. The molecule has 2 aromatic heterocycles. The molecule has 0 spiro atoms. The number of rotatable bonds is 9. The summed E-state index contributed by atoms with van der Waals surface area (Å²) in [5.41, 5.74) is 6.11. The zero-order chi connectivity index (χ0) is 34.9.